The molecule has 0 unspecified atom stereocenters. The molecule has 0 saturated carbocycles. The van der Waals surface area contributed by atoms with Gasteiger partial charge < -0.3 is 20.6 Å². The molecule has 0 atom stereocenters. The predicted octanol–water partition coefficient (Wildman–Crippen LogP) is 5.48. The van der Waals surface area contributed by atoms with Crippen LogP contribution in [0.15, 0.2) is 47.5 Å². The van der Waals surface area contributed by atoms with E-state index in [1.54, 1.807) is 24.0 Å². The Kier molecular flexibility index (Phi) is 9.86. The minimum atomic E-state index is -4.41. The molecule has 0 aliphatic carbocycles. The van der Waals surface area contributed by atoms with Crippen molar-refractivity contribution in [3.63, 3.8) is 0 Å². The highest BCUT2D eigenvalue weighted by Gasteiger charge is 2.41. The number of nitrogens with one attached hydrogen (secondary N) is 2. The third kappa shape index (κ3) is 8.93. The Morgan fingerprint density at radius 1 is 1.09 bits per heavy atom. The summed E-state index contributed by atoms with van der Waals surface area (Å²) < 4.78 is 75.8. The van der Waals surface area contributed by atoms with E-state index in [1.807, 2.05) is 0 Å². The normalized spacial score (nSPS) is 14.8. The van der Waals surface area contributed by atoms with Gasteiger partial charge in [-0.2, -0.15) is 26.3 Å². The van der Waals surface area contributed by atoms with Gasteiger partial charge in [0.05, 0.1) is 11.6 Å². The number of aromatic nitrogens is 1. The number of halogens is 6. The first-order chi connectivity index (χ1) is 15.9. The topological polar surface area (TPSA) is 80.3 Å². The highest BCUT2D eigenvalue weighted by Crippen LogP contribution is 2.38. The first-order valence-electron chi connectivity index (χ1n) is 10.2. The second kappa shape index (κ2) is 12.2. The fourth-order valence-electron chi connectivity index (χ4n) is 3.19. The number of carbonyl (C=O) groups excluding carboxylic acids is 1. The number of amides is 2. The van der Waals surface area contributed by atoms with Crippen LogP contribution in [-0.2, 0) is 0 Å². The standard InChI is InChI=1S/C19H18F6N4OS.C2H5O/c20-18(21,22)12-7-10-29(11-8-12)16-15(2-1-9-26-16)28-17(30)27-13-3-5-14(6-4-13)31-19(23,24)25;1-2-3/h1-6,9,12H,7-8,10-11H2,(H2,27,28,30);2H2,1H3/q;-1. The van der Waals surface area contributed by atoms with Crippen molar-refractivity contribution >= 4 is 35.0 Å². The number of nitrogens with zero attached hydrogens (tertiary/aromatic N) is 2. The third-order valence-electron chi connectivity index (χ3n) is 4.64. The summed E-state index contributed by atoms with van der Waals surface area (Å²) in [6.45, 7) is 1.87. The number of piperidine rings is 1. The molecular formula is C21H23F6N4O2S-. The highest BCUT2D eigenvalue weighted by molar-refractivity contribution is 8.00. The van der Waals surface area contributed by atoms with Crippen molar-refractivity contribution in [3.05, 3.63) is 42.6 Å². The molecule has 6 nitrogen and oxygen atoms in total. The molecule has 0 spiro atoms. The Bertz CT molecular complexity index is 917. The quantitative estimate of drug-likeness (QED) is 0.421. The second-order valence-electron chi connectivity index (χ2n) is 7.12. The van der Waals surface area contributed by atoms with E-state index in [0.717, 1.165) is 0 Å². The number of benzene rings is 1. The van der Waals surface area contributed by atoms with Gasteiger partial charge in [0.1, 0.15) is 0 Å². The first-order valence-corrected chi connectivity index (χ1v) is 11.0. The van der Waals surface area contributed by atoms with E-state index < -0.39 is 23.6 Å². The van der Waals surface area contributed by atoms with Crippen LogP contribution in [0.3, 0.4) is 0 Å². The molecule has 3 rings (SSSR count). The summed E-state index contributed by atoms with van der Waals surface area (Å²) >= 11 is -0.262. The van der Waals surface area contributed by atoms with Gasteiger partial charge in [0.25, 0.3) is 0 Å². The van der Waals surface area contributed by atoms with Gasteiger partial charge in [-0.15, -0.1) is 6.61 Å². The maximum absolute atomic E-state index is 12.9. The van der Waals surface area contributed by atoms with Crippen molar-refractivity contribution in [3.8, 4) is 0 Å². The molecule has 34 heavy (non-hydrogen) atoms. The minimum Gasteiger partial charge on any atom is -0.855 e. The molecule has 13 heteroatoms. The summed E-state index contributed by atoms with van der Waals surface area (Å²) in [5, 5.41) is 14.0. The number of urea groups is 1. The lowest BCUT2D eigenvalue weighted by Gasteiger charge is -2.34. The van der Waals surface area contributed by atoms with E-state index in [4.69, 9.17) is 5.11 Å². The fourth-order valence-corrected chi connectivity index (χ4v) is 3.73. The zero-order chi connectivity index (χ0) is 25.4. The van der Waals surface area contributed by atoms with E-state index in [2.05, 4.69) is 15.6 Å². The molecule has 1 saturated heterocycles. The summed E-state index contributed by atoms with van der Waals surface area (Å²) in [5.41, 5.74) is -3.81. The van der Waals surface area contributed by atoms with E-state index in [9.17, 15) is 31.1 Å². The molecule has 1 fully saturated rings. The van der Waals surface area contributed by atoms with Crippen LogP contribution in [0.5, 0.6) is 0 Å². The molecule has 1 aliphatic heterocycles. The van der Waals surface area contributed by atoms with Crippen LogP contribution in [0.2, 0.25) is 0 Å². The van der Waals surface area contributed by atoms with E-state index in [1.165, 1.54) is 30.5 Å². The number of anilines is 3. The molecule has 1 aromatic heterocycles. The van der Waals surface area contributed by atoms with Crippen LogP contribution >= 0.6 is 11.8 Å². The number of hydrogen-bond acceptors (Lipinski definition) is 5. The summed E-state index contributed by atoms with van der Waals surface area (Å²) in [6.07, 6.45) is -2.88. The van der Waals surface area contributed by atoms with Crippen molar-refractivity contribution < 1.29 is 36.2 Å². The monoisotopic (exact) mass is 509 g/mol. The molecule has 188 valence electrons. The highest BCUT2D eigenvalue weighted by atomic mass is 32.2. The lowest BCUT2D eigenvalue weighted by Crippen LogP contribution is -2.39. The first kappa shape index (κ1) is 27.6. The average molecular weight is 509 g/mol. The van der Waals surface area contributed by atoms with Crippen LogP contribution in [-0.4, -0.2) is 42.4 Å². The molecule has 2 aromatic rings. The minimum absolute atomic E-state index is 0. The number of carbonyl (C=O) groups is 1. The van der Waals surface area contributed by atoms with Crippen molar-refractivity contribution in [1.82, 2.24) is 4.98 Å². The Morgan fingerprint density at radius 2 is 1.68 bits per heavy atom. The van der Waals surface area contributed by atoms with Gasteiger partial charge in [0.2, 0.25) is 0 Å². The zero-order valence-corrected chi connectivity index (χ0v) is 18.9. The summed E-state index contributed by atoms with van der Waals surface area (Å²) in [5.74, 6) is -0.999. The van der Waals surface area contributed by atoms with Gasteiger partial charge in [-0.3, -0.25) is 0 Å². The molecule has 0 radical (unpaired) electrons. The molecule has 1 aliphatic rings. The van der Waals surface area contributed by atoms with Crippen LogP contribution in [0.4, 0.5) is 48.3 Å². The zero-order valence-electron chi connectivity index (χ0n) is 18.0. The Morgan fingerprint density at radius 3 is 2.21 bits per heavy atom. The van der Waals surface area contributed by atoms with Crippen molar-refractivity contribution in [2.45, 2.75) is 36.3 Å². The van der Waals surface area contributed by atoms with Crippen molar-refractivity contribution in [1.29, 1.82) is 0 Å². The van der Waals surface area contributed by atoms with Gasteiger partial charge in [-0.25, -0.2) is 9.78 Å². The van der Waals surface area contributed by atoms with E-state index in [0.29, 0.717) is 11.5 Å². The molecule has 2 amide bonds. The van der Waals surface area contributed by atoms with Gasteiger partial charge in [0.15, 0.2) is 5.82 Å². The Labute approximate surface area is 196 Å². The number of rotatable bonds is 4. The predicted molar refractivity (Wildman–Crippen MR) is 117 cm³/mol. The average Bonchev–Trinajstić information content (AvgIpc) is 2.74. The summed E-state index contributed by atoms with van der Waals surface area (Å²) in [4.78, 5) is 18.2. The van der Waals surface area contributed by atoms with Crippen molar-refractivity contribution in [2.75, 3.05) is 35.2 Å². The molecule has 2 N–H and O–H groups in total. The lowest BCUT2D eigenvalue weighted by molar-refractivity contribution is -0.361. The van der Waals surface area contributed by atoms with Crippen LogP contribution < -0.4 is 20.6 Å². The number of thioether (sulfide) groups is 1. The largest absolute Gasteiger partial charge is 0.855 e. The maximum atomic E-state index is 12.9. The summed E-state index contributed by atoms with van der Waals surface area (Å²) in [6, 6.07) is 7.61. The van der Waals surface area contributed by atoms with E-state index in [-0.39, 0.29) is 54.9 Å². The second-order valence-corrected chi connectivity index (χ2v) is 8.26. The number of hydrogen-bond donors (Lipinski definition) is 2. The number of alkyl halides is 6. The van der Waals surface area contributed by atoms with Crippen LogP contribution in [0.1, 0.15) is 19.8 Å². The molecule has 2 heterocycles. The SMILES string of the molecule is CC[O-].O=C(Nc1ccc(SC(F)(F)F)cc1)Nc1cccnc1N1CCC(C(F)(F)F)CC1. The molecule has 1 aromatic carbocycles. The van der Waals surface area contributed by atoms with Gasteiger partial charge in [-0.05, 0) is 61.0 Å². The van der Waals surface area contributed by atoms with Gasteiger partial charge >= 0.3 is 17.7 Å². The third-order valence-corrected chi connectivity index (χ3v) is 5.38. The van der Waals surface area contributed by atoms with Gasteiger partial charge in [0, 0.05) is 29.9 Å². The van der Waals surface area contributed by atoms with Crippen LogP contribution in [0, 0.1) is 5.92 Å². The van der Waals surface area contributed by atoms with Gasteiger partial charge in [-0.1, -0.05) is 6.92 Å². The summed E-state index contributed by atoms with van der Waals surface area (Å²) in [7, 11) is 0. The maximum Gasteiger partial charge on any atom is 0.446 e. The van der Waals surface area contributed by atoms with E-state index >= 15 is 0 Å². The fraction of sp³-hybridized carbons (Fsp3) is 0.429. The van der Waals surface area contributed by atoms with Crippen molar-refractivity contribution in [2.24, 2.45) is 5.92 Å². The van der Waals surface area contributed by atoms with Crippen LogP contribution in [0.25, 0.3) is 0 Å². The molecule has 0 bridgehead atoms. The molecular weight excluding hydrogens is 486 g/mol. The Balaban J connectivity index is 0.00000129. The Hall–Kier alpha value is -2.67. The number of pyridine rings is 1. The lowest BCUT2D eigenvalue weighted by atomic mass is 9.96. The smallest absolute Gasteiger partial charge is 0.446 e.